The van der Waals surface area contributed by atoms with E-state index in [1.54, 1.807) is 12.1 Å². The van der Waals surface area contributed by atoms with E-state index in [1.165, 1.54) is 19.0 Å². The number of nitrogens with zero attached hydrogens (tertiary/aromatic N) is 1. The Bertz CT molecular complexity index is 522. The Kier molecular flexibility index (Phi) is 3.59. The van der Waals surface area contributed by atoms with E-state index in [0.29, 0.717) is 6.54 Å². The second-order valence-electron chi connectivity index (χ2n) is 5.24. The van der Waals surface area contributed by atoms with Crippen LogP contribution in [0.1, 0.15) is 32.6 Å². The smallest absolute Gasteiger partial charge is 0.260 e. The molecule has 1 saturated carbocycles. The summed E-state index contributed by atoms with van der Waals surface area (Å²) in [6.07, 6.45) is 5.90. The Balaban J connectivity index is 2.11. The third-order valence-electron chi connectivity index (χ3n) is 3.55. The van der Waals surface area contributed by atoms with E-state index in [2.05, 4.69) is 16.6 Å². The van der Waals surface area contributed by atoms with Crippen molar-refractivity contribution in [2.24, 2.45) is 5.41 Å². The van der Waals surface area contributed by atoms with Crippen LogP contribution >= 0.6 is 0 Å². The lowest BCUT2D eigenvalue weighted by molar-refractivity contribution is 0.336. The van der Waals surface area contributed by atoms with Gasteiger partial charge in [0, 0.05) is 12.7 Å². The van der Waals surface area contributed by atoms with E-state index in [-0.39, 0.29) is 16.1 Å². The largest absolute Gasteiger partial charge is 0.396 e. The average Bonchev–Trinajstić information content (AvgIpc) is 2.75. The Labute approximate surface area is 108 Å². The monoisotopic (exact) mass is 269 g/mol. The number of nitrogens with one attached hydrogen (secondary N) is 1. The van der Waals surface area contributed by atoms with Crippen molar-refractivity contribution >= 4 is 15.7 Å². The molecule has 100 valence electrons. The number of hydrogen-bond acceptors (Lipinski definition) is 4. The molecule has 0 atom stereocenters. The fraction of sp³-hybridized carbons (Fsp3) is 0.583. The Morgan fingerprint density at radius 3 is 2.72 bits per heavy atom. The Morgan fingerprint density at radius 1 is 1.44 bits per heavy atom. The molecular formula is C12H19N3O2S. The van der Waals surface area contributed by atoms with Crippen LogP contribution in [-0.4, -0.2) is 19.9 Å². The lowest BCUT2D eigenvalue weighted by atomic mass is 9.89. The molecule has 0 spiro atoms. The Hall–Kier alpha value is -1.14. The van der Waals surface area contributed by atoms with Crippen molar-refractivity contribution in [3.63, 3.8) is 0 Å². The van der Waals surface area contributed by atoms with Crippen molar-refractivity contribution in [2.75, 3.05) is 12.3 Å². The first-order valence-corrected chi connectivity index (χ1v) is 7.61. The molecule has 0 aromatic carbocycles. The highest BCUT2D eigenvalue weighted by atomic mass is 32.2. The van der Waals surface area contributed by atoms with E-state index in [4.69, 9.17) is 5.73 Å². The highest BCUT2D eigenvalue weighted by Crippen LogP contribution is 2.37. The number of aromatic nitrogens is 1. The maximum absolute atomic E-state index is 12.1. The fourth-order valence-corrected chi connectivity index (χ4v) is 3.62. The minimum absolute atomic E-state index is 0.0661. The molecule has 0 aliphatic heterocycles. The average molecular weight is 269 g/mol. The van der Waals surface area contributed by atoms with Gasteiger partial charge in [0.05, 0.1) is 5.69 Å². The van der Waals surface area contributed by atoms with Gasteiger partial charge in [-0.05, 0) is 30.4 Å². The maximum atomic E-state index is 12.1. The highest BCUT2D eigenvalue weighted by molar-refractivity contribution is 7.89. The van der Waals surface area contributed by atoms with Gasteiger partial charge in [-0.2, -0.15) is 0 Å². The molecule has 2 rings (SSSR count). The minimum atomic E-state index is -3.60. The number of anilines is 1. The van der Waals surface area contributed by atoms with Crippen LogP contribution in [0.4, 0.5) is 5.69 Å². The van der Waals surface area contributed by atoms with Crippen molar-refractivity contribution < 1.29 is 8.42 Å². The first-order chi connectivity index (χ1) is 8.43. The predicted molar refractivity (Wildman–Crippen MR) is 70.4 cm³/mol. The third kappa shape index (κ3) is 2.81. The van der Waals surface area contributed by atoms with Crippen LogP contribution in [0.15, 0.2) is 23.4 Å². The highest BCUT2D eigenvalue weighted by Gasteiger charge is 2.31. The van der Waals surface area contributed by atoms with Gasteiger partial charge in [0.25, 0.3) is 10.0 Å². The molecule has 18 heavy (non-hydrogen) atoms. The number of pyridine rings is 1. The van der Waals surface area contributed by atoms with Gasteiger partial charge in [0.1, 0.15) is 0 Å². The SMILES string of the molecule is CC1(CNS(=O)(=O)c2ncccc2N)CCCC1. The molecule has 1 aliphatic rings. The van der Waals surface area contributed by atoms with Gasteiger partial charge in [-0.25, -0.2) is 18.1 Å². The fourth-order valence-electron chi connectivity index (χ4n) is 2.37. The van der Waals surface area contributed by atoms with Crippen LogP contribution in [0.2, 0.25) is 0 Å². The minimum Gasteiger partial charge on any atom is -0.396 e. The summed E-state index contributed by atoms with van der Waals surface area (Å²) in [4.78, 5) is 3.84. The van der Waals surface area contributed by atoms with E-state index >= 15 is 0 Å². The number of hydrogen-bond donors (Lipinski definition) is 2. The molecular weight excluding hydrogens is 250 g/mol. The molecule has 0 saturated heterocycles. The maximum Gasteiger partial charge on any atom is 0.260 e. The van der Waals surface area contributed by atoms with Gasteiger partial charge < -0.3 is 5.73 Å². The summed E-state index contributed by atoms with van der Waals surface area (Å²) in [5.41, 5.74) is 5.89. The Morgan fingerprint density at radius 2 is 2.11 bits per heavy atom. The molecule has 0 amide bonds. The molecule has 1 fully saturated rings. The van der Waals surface area contributed by atoms with Gasteiger partial charge in [0.2, 0.25) is 0 Å². The van der Waals surface area contributed by atoms with Crippen molar-refractivity contribution in [2.45, 2.75) is 37.6 Å². The van der Waals surface area contributed by atoms with Crippen molar-refractivity contribution in [3.8, 4) is 0 Å². The number of sulfonamides is 1. The normalized spacial score (nSPS) is 18.9. The molecule has 1 aromatic rings. The molecule has 1 aliphatic carbocycles. The zero-order valence-corrected chi connectivity index (χ0v) is 11.3. The molecule has 3 N–H and O–H groups in total. The van der Waals surface area contributed by atoms with Crippen LogP contribution < -0.4 is 10.5 Å². The summed E-state index contributed by atoms with van der Waals surface area (Å²) in [5, 5.41) is -0.0772. The van der Waals surface area contributed by atoms with E-state index < -0.39 is 10.0 Å². The summed E-state index contributed by atoms with van der Waals surface area (Å²) < 4.78 is 26.8. The van der Waals surface area contributed by atoms with Gasteiger partial charge in [-0.3, -0.25) is 0 Å². The number of nitrogen functional groups attached to an aromatic ring is 1. The van der Waals surface area contributed by atoms with Crippen molar-refractivity contribution in [3.05, 3.63) is 18.3 Å². The zero-order chi connectivity index (χ0) is 13.2. The van der Waals surface area contributed by atoms with Crippen molar-refractivity contribution in [1.29, 1.82) is 0 Å². The molecule has 5 nitrogen and oxygen atoms in total. The van der Waals surface area contributed by atoms with Gasteiger partial charge in [0.15, 0.2) is 5.03 Å². The van der Waals surface area contributed by atoms with Crippen LogP contribution in [0.3, 0.4) is 0 Å². The van der Waals surface area contributed by atoms with E-state index in [9.17, 15) is 8.42 Å². The van der Waals surface area contributed by atoms with Crippen LogP contribution in [0, 0.1) is 5.41 Å². The molecule has 0 bridgehead atoms. The molecule has 6 heteroatoms. The summed E-state index contributed by atoms with van der Waals surface area (Å²) in [6, 6.07) is 3.16. The van der Waals surface area contributed by atoms with Gasteiger partial charge >= 0.3 is 0 Å². The van der Waals surface area contributed by atoms with Gasteiger partial charge in [-0.15, -0.1) is 0 Å². The molecule has 0 unspecified atom stereocenters. The van der Waals surface area contributed by atoms with E-state index in [0.717, 1.165) is 12.8 Å². The number of nitrogens with two attached hydrogens (primary N) is 1. The quantitative estimate of drug-likeness (QED) is 0.868. The summed E-state index contributed by atoms with van der Waals surface area (Å²) >= 11 is 0. The zero-order valence-electron chi connectivity index (χ0n) is 10.5. The van der Waals surface area contributed by atoms with Crippen molar-refractivity contribution in [1.82, 2.24) is 9.71 Å². The summed E-state index contributed by atoms with van der Waals surface area (Å²) in [5.74, 6) is 0. The molecule has 0 radical (unpaired) electrons. The lowest BCUT2D eigenvalue weighted by Gasteiger charge is -2.23. The first kappa shape index (κ1) is 13.3. The lowest BCUT2D eigenvalue weighted by Crippen LogP contribution is -2.34. The molecule has 1 heterocycles. The van der Waals surface area contributed by atoms with Gasteiger partial charge in [-0.1, -0.05) is 19.8 Å². The van der Waals surface area contributed by atoms with Crippen LogP contribution in [0.25, 0.3) is 0 Å². The predicted octanol–water partition coefficient (Wildman–Crippen LogP) is 1.52. The second-order valence-corrected chi connectivity index (χ2v) is 6.92. The van der Waals surface area contributed by atoms with Crippen LogP contribution in [-0.2, 0) is 10.0 Å². The topological polar surface area (TPSA) is 85.1 Å². The van der Waals surface area contributed by atoms with E-state index in [1.807, 2.05) is 0 Å². The summed E-state index contributed by atoms with van der Waals surface area (Å²) in [6.45, 7) is 2.57. The first-order valence-electron chi connectivity index (χ1n) is 6.13. The van der Waals surface area contributed by atoms with Crippen LogP contribution in [0.5, 0.6) is 0 Å². The number of rotatable bonds is 4. The molecule has 1 aromatic heterocycles. The second kappa shape index (κ2) is 4.85. The summed E-state index contributed by atoms with van der Waals surface area (Å²) in [7, 11) is -3.60. The standard InChI is InChI=1S/C12H19N3O2S/c1-12(6-2-3-7-12)9-15-18(16,17)11-10(13)5-4-8-14-11/h4-5,8,15H,2-3,6-7,9,13H2,1H3. The third-order valence-corrected chi connectivity index (χ3v) is 4.93.